The topological polar surface area (TPSA) is 59.1 Å². The van der Waals surface area contributed by atoms with E-state index < -0.39 is 5.60 Å². The van der Waals surface area contributed by atoms with Crippen molar-refractivity contribution in [2.24, 2.45) is 7.05 Å². The van der Waals surface area contributed by atoms with Crippen LogP contribution in [0.3, 0.4) is 0 Å². The molecule has 0 aliphatic carbocycles. The second kappa shape index (κ2) is 8.15. The summed E-state index contributed by atoms with van der Waals surface area (Å²) in [4.78, 5) is 6.95. The first kappa shape index (κ1) is 21.6. The van der Waals surface area contributed by atoms with Gasteiger partial charge in [0.1, 0.15) is 5.82 Å². The third kappa shape index (κ3) is 3.47. The second-order valence-electron chi connectivity index (χ2n) is 8.92. The van der Waals surface area contributed by atoms with E-state index in [4.69, 9.17) is 5.10 Å². The van der Waals surface area contributed by atoms with Crippen LogP contribution in [0, 0.1) is 20.8 Å². The second-order valence-corrected chi connectivity index (χ2v) is 8.92. The van der Waals surface area contributed by atoms with Crippen molar-refractivity contribution in [2.45, 2.75) is 72.4 Å². The summed E-state index contributed by atoms with van der Waals surface area (Å²) >= 11 is 0. The fourth-order valence-electron chi connectivity index (χ4n) is 5.48. The fourth-order valence-corrected chi connectivity index (χ4v) is 5.48. The molecule has 1 aliphatic heterocycles. The van der Waals surface area contributed by atoms with E-state index in [9.17, 15) is 5.11 Å². The Morgan fingerprint density at radius 3 is 2.48 bits per heavy atom. The summed E-state index contributed by atoms with van der Waals surface area (Å²) in [5, 5.41) is 17.1. The Kier molecular flexibility index (Phi) is 5.69. The first-order valence-corrected chi connectivity index (χ1v) is 11.5. The first-order chi connectivity index (χ1) is 14.8. The van der Waals surface area contributed by atoms with Crippen molar-refractivity contribution in [2.75, 3.05) is 11.4 Å². The highest BCUT2D eigenvalue weighted by atomic mass is 16.3. The number of nitrogens with zero attached hydrogens (tertiary/aromatic N) is 5. The number of rotatable bonds is 6. The number of hydrogen-bond acceptors (Lipinski definition) is 4. The summed E-state index contributed by atoms with van der Waals surface area (Å²) in [5.41, 5.74) is 5.92. The molecule has 3 aromatic rings. The summed E-state index contributed by atoms with van der Waals surface area (Å²) in [6.07, 6.45) is 7.14. The predicted molar refractivity (Wildman–Crippen MR) is 125 cm³/mol. The lowest BCUT2D eigenvalue weighted by Crippen LogP contribution is -2.35. The van der Waals surface area contributed by atoms with E-state index in [0.29, 0.717) is 12.2 Å². The van der Waals surface area contributed by atoms with Gasteiger partial charge in [0.25, 0.3) is 0 Å². The average Bonchev–Trinajstić information content (AvgIpc) is 3.32. The van der Waals surface area contributed by atoms with Crippen LogP contribution in [0.15, 0.2) is 24.5 Å². The fraction of sp³-hybridized carbons (Fsp3) is 0.520. The van der Waals surface area contributed by atoms with Gasteiger partial charge >= 0.3 is 0 Å². The molecule has 0 saturated heterocycles. The molecule has 6 heteroatoms. The highest BCUT2D eigenvalue weighted by Crippen LogP contribution is 2.43. The first-order valence-electron chi connectivity index (χ1n) is 11.5. The number of anilines is 2. The van der Waals surface area contributed by atoms with Crippen LogP contribution in [0.1, 0.15) is 66.9 Å². The van der Waals surface area contributed by atoms with Gasteiger partial charge in [0.2, 0.25) is 0 Å². The lowest BCUT2D eigenvalue weighted by molar-refractivity contribution is 0.0479. The molecule has 6 nitrogen and oxygen atoms in total. The van der Waals surface area contributed by atoms with Crippen molar-refractivity contribution < 1.29 is 5.11 Å². The SMILES string of the molecule is CCCC(O)(c1nccn1CC)c1c2c(nn1C)N(c1c(C)cc(C)cc1C)CCC2. The van der Waals surface area contributed by atoms with Crippen LogP contribution in [0.2, 0.25) is 0 Å². The van der Waals surface area contributed by atoms with Crippen LogP contribution < -0.4 is 4.90 Å². The Hall–Kier alpha value is -2.60. The zero-order valence-electron chi connectivity index (χ0n) is 19.7. The highest BCUT2D eigenvalue weighted by molar-refractivity contribution is 5.71. The third-order valence-electron chi connectivity index (χ3n) is 6.52. The van der Waals surface area contributed by atoms with Crippen LogP contribution in [0.25, 0.3) is 0 Å². The molecule has 0 fully saturated rings. The molecular formula is C25H35N5O. The largest absolute Gasteiger partial charge is 0.376 e. The number of imidazole rings is 1. The van der Waals surface area contributed by atoms with Crippen molar-refractivity contribution in [3.63, 3.8) is 0 Å². The van der Waals surface area contributed by atoms with E-state index in [1.165, 1.54) is 22.4 Å². The lowest BCUT2D eigenvalue weighted by Gasteiger charge is -2.33. The molecule has 3 heterocycles. The van der Waals surface area contributed by atoms with Crippen molar-refractivity contribution in [3.8, 4) is 0 Å². The van der Waals surface area contributed by atoms with Gasteiger partial charge < -0.3 is 14.6 Å². The Labute approximate surface area is 185 Å². The summed E-state index contributed by atoms with van der Waals surface area (Å²) in [7, 11) is 1.96. The number of aromatic nitrogens is 4. The molecule has 1 aliphatic rings. The van der Waals surface area contributed by atoms with Crippen molar-refractivity contribution in [1.29, 1.82) is 0 Å². The van der Waals surface area contributed by atoms with Crippen LogP contribution in [-0.4, -0.2) is 31.0 Å². The maximum absolute atomic E-state index is 12.1. The predicted octanol–water partition coefficient (Wildman–Crippen LogP) is 4.68. The summed E-state index contributed by atoms with van der Waals surface area (Å²) < 4.78 is 3.94. The molecule has 4 rings (SSSR count). The number of aliphatic hydroxyl groups is 1. The molecule has 0 radical (unpaired) electrons. The van der Waals surface area contributed by atoms with Gasteiger partial charge in [-0.05, 0) is 58.1 Å². The standard InChI is InChI=1S/C25H35N5O/c1-7-11-25(31,24-26-12-14-29(24)8-2)22-20-10-9-13-30(23(20)27-28(22)6)21-18(4)15-17(3)16-19(21)5/h12,14-16,31H,7-11,13H2,1-6H3. The van der Waals surface area contributed by atoms with Crippen LogP contribution in [0.5, 0.6) is 0 Å². The normalized spacial score (nSPS) is 15.8. The Morgan fingerprint density at radius 2 is 1.84 bits per heavy atom. The zero-order valence-corrected chi connectivity index (χ0v) is 19.7. The van der Waals surface area contributed by atoms with Crippen LogP contribution >= 0.6 is 0 Å². The molecule has 1 atom stereocenters. The maximum atomic E-state index is 12.1. The molecule has 31 heavy (non-hydrogen) atoms. The van der Waals surface area contributed by atoms with Gasteiger partial charge in [-0.2, -0.15) is 5.10 Å². The number of hydrogen-bond donors (Lipinski definition) is 1. The van der Waals surface area contributed by atoms with Gasteiger partial charge in [-0.3, -0.25) is 4.68 Å². The molecule has 1 aromatic carbocycles. The van der Waals surface area contributed by atoms with Crippen LogP contribution in [0.4, 0.5) is 11.5 Å². The van der Waals surface area contributed by atoms with Crippen molar-refractivity contribution >= 4 is 11.5 Å². The monoisotopic (exact) mass is 421 g/mol. The van der Waals surface area contributed by atoms with E-state index >= 15 is 0 Å². The molecule has 1 N–H and O–H groups in total. The minimum Gasteiger partial charge on any atom is -0.376 e. The summed E-state index contributed by atoms with van der Waals surface area (Å²) in [6, 6.07) is 4.48. The Bertz CT molecular complexity index is 1070. The smallest absolute Gasteiger partial charge is 0.164 e. The Balaban J connectivity index is 1.90. The summed E-state index contributed by atoms with van der Waals surface area (Å²) in [6.45, 7) is 12.4. The minimum absolute atomic E-state index is 0.610. The third-order valence-corrected chi connectivity index (χ3v) is 6.52. The minimum atomic E-state index is -1.16. The van der Waals surface area contributed by atoms with E-state index in [2.05, 4.69) is 56.6 Å². The molecule has 2 aromatic heterocycles. The molecule has 0 spiro atoms. The highest BCUT2D eigenvalue weighted by Gasteiger charge is 2.42. The van der Waals surface area contributed by atoms with Crippen molar-refractivity contribution in [1.82, 2.24) is 19.3 Å². The molecule has 166 valence electrons. The van der Waals surface area contributed by atoms with Gasteiger partial charge in [0.05, 0.1) is 5.69 Å². The molecule has 1 unspecified atom stereocenters. The van der Waals surface area contributed by atoms with Gasteiger partial charge in [-0.15, -0.1) is 0 Å². The van der Waals surface area contributed by atoms with Gasteiger partial charge in [-0.25, -0.2) is 4.98 Å². The number of fused-ring (bicyclic) bond motifs is 1. The van der Waals surface area contributed by atoms with E-state index in [1.807, 2.05) is 22.5 Å². The van der Waals surface area contributed by atoms with E-state index in [1.54, 1.807) is 6.20 Å². The molecule has 0 amide bonds. The molecule has 0 bridgehead atoms. The quantitative estimate of drug-likeness (QED) is 0.628. The Morgan fingerprint density at radius 1 is 1.13 bits per heavy atom. The number of benzene rings is 1. The van der Waals surface area contributed by atoms with Gasteiger partial charge in [0.15, 0.2) is 11.4 Å². The van der Waals surface area contributed by atoms with E-state index in [-0.39, 0.29) is 0 Å². The average molecular weight is 422 g/mol. The molecule has 0 saturated carbocycles. The maximum Gasteiger partial charge on any atom is 0.164 e. The summed E-state index contributed by atoms with van der Waals surface area (Å²) in [5.74, 6) is 1.69. The van der Waals surface area contributed by atoms with Crippen LogP contribution in [-0.2, 0) is 25.6 Å². The number of aryl methyl sites for hydroxylation is 5. The lowest BCUT2D eigenvalue weighted by atomic mass is 9.87. The zero-order chi connectivity index (χ0) is 22.3. The van der Waals surface area contributed by atoms with Gasteiger partial charge in [-0.1, -0.05) is 31.0 Å². The van der Waals surface area contributed by atoms with E-state index in [0.717, 1.165) is 49.4 Å². The van der Waals surface area contributed by atoms with Gasteiger partial charge in [0, 0.05) is 43.8 Å². The van der Waals surface area contributed by atoms with Crippen molar-refractivity contribution in [3.05, 3.63) is 58.3 Å². The molecular weight excluding hydrogens is 386 g/mol.